The standard InChI is InChI=1S/C23H33N3O3/c1-28-14-12-25-10-7-18(8-11-25)16-26(17-21-3-2-13-29-21)23(27)20-5-4-19-6-9-24-22(19)15-20/h4-6,9,15,18,21,24H,2-3,7-8,10-14,16-17H2,1H3. The van der Waals surface area contributed by atoms with E-state index in [2.05, 4.69) is 14.8 Å². The summed E-state index contributed by atoms with van der Waals surface area (Å²) in [6.45, 7) is 6.30. The Hall–Kier alpha value is -1.89. The molecule has 4 rings (SSSR count). The van der Waals surface area contributed by atoms with Gasteiger partial charge < -0.3 is 24.3 Å². The minimum absolute atomic E-state index is 0.124. The van der Waals surface area contributed by atoms with Crippen LogP contribution in [0.1, 0.15) is 36.0 Å². The number of carbonyl (C=O) groups excluding carboxylic acids is 1. The number of aromatic nitrogens is 1. The van der Waals surface area contributed by atoms with E-state index in [4.69, 9.17) is 9.47 Å². The van der Waals surface area contributed by atoms with E-state index in [-0.39, 0.29) is 12.0 Å². The first-order chi connectivity index (χ1) is 14.2. The minimum Gasteiger partial charge on any atom is -0.383 e. The van der Waals surface area contributed by atoms with Crippen molar-refractivity contribution in [2.75, 3.05) is 53.0 Å². The maximum Gasteiger partial charge on any atom is 0.254 e. The number of likely N-dealkylation sites (tertiary alicyclic amines) is 1. The molecule has 1 unspecified atom stereocenters. The van der Waals surface area contributed by atoms with Crippen molar-refractivity contribution in [2.45, 2.75) is 31.8 Å². The first-order valence-electron chi connectivity index (χ1n) is 10.9. The maximum absolute atomic E-state index is 13.4. The largest absolute Gasteiger partial charge is 0.383 e. The smallest absolute Gasteiger partial charge is 0.254 e. The summed E-state index contributed by atoms with van der Waals surface area (Å²) in [4.78, 5) is 21.1. The van der Waals surface area contributed by atoms with Gasteiger partial charge in [-0.3, -0.25) is 4.79 Å². The van der Waals surface area contributed by atoms with Crippen LogP contribution in [-0.4, -0.2) is 79.8 Å². The molecule has 0 radical (unpaired) electrons. The maximum atomic E-state index is 13.4. The third kappa shape index (κ3) is 5.18. The van der Waals surface area contributed by atoms with Crippen LogP contribution in [0.3, 0.4) is 0 Å². The van der Waals surface area contributed by atoms with Gasteiger partial charge in [-0.2, -0.15) is 0 Å². The van der Waals surface area contributed by atoms with Gasteiger partial charge in [0, 0.05) is 50.6 Å². The van der Waals surface area contributed by atoms with Gasteiger partial charge in [-0.05, 0) is 68.3 Å². The van der Waals surface area contributed by atoms with E-state index in [0.717, 1.165) is 81.5 Å². The average molecular weight is 400 g/mol. The third-order valence-corrected chi connectivity index (χ3v) is 6.33. The van der Waals surface area contributed by atoms with Crippen LogP contribution in [0.5, 0.6) is 0 Å². The van der Waals surface area contributed by atoms with E-state index >= 15 is 0 Å². The molecule has 29 heavy (non-hydrogen) atoms. The van der Waals surface area contributed by atoms with E-state index in [9.17, 15) is 4.79 Å². The number of nitrogens with zero attached hydrogens (tertiary/aromatic N) is 2. The highest BCUT2D eigenvalue weighted by atomic mass is 16.5. The fourth-order valence-corrected chi connectivity index (χ4v) is 4.56. The number of amides is 1. The minimum atomic E-state index is 0.124. The molecule has 1 amide bonds. The lowest BCUT2D eigenvalue weighted by Crippen LogP contribution is -2.44. The summed E-state index contributed by atoms with van der Waals surface area (Å²) >= 11 is 0. The van der Waals surface area contributed by atoms with Crippen molar-refractivity contribution in [3.05, 3.63) is 36.0 Å². The van der Waals surface area contributed by atoms with E-state index in [1.54, 1.807) is 7.11 Å². The molecule has 6 nitrogen and oxygen atoms in total. The highest BCUT2D eigenvalue weighted by molar-refractivity contribution is 5.98. The Morgan fingerprint density at radius 1 is 1.24 bits per heavy atom. The molecule has 2 aromatic rings. The van der Waals surface area contributed by atoms with E-state index < -0.39 is 0 Å². The molecule has 6 heteroatoms. The second-order valence-electron chi connectivity index (χ2n) is 8.40. The second kappa shape index (κ2) is 9.74. The predicted octanol–water partition coefficient (Wildman–Crippen LogP) is 3.15. The molecular weight excluding hydrogens is 366 g/mol. The molecule has 0 bridgehead atoms. The molecule has 2 saturated heterocycles. The Bertz CT molecular complexity index is 792. The Kier molecular flexibility index (Phi) is 6.85. The predicted molar refractivity (Wildman–Crippen MR) is 114 cm³/mol. The molecule has 1 aromatic heterocycles. The summed E-state index contributed by atoms with van der Waals surface area (Å²) in [5.41, 5.74) is 1.77. The number of fused-ring (bicyclic) bond motifs is 1. The van der Waals surface area contributed by atoms with E-state index in [1.807, 2.05) is 30.5 Å². The van der Waals surface area contributed by atoms with Gasteiger partial charge in [-0.1, -0.05) is 6.07 Å². The Labute approximate surface area is 173 Å². The summed E-state index contributed by atoms with van der Waals surface area (Å²) in [7, 11) is 1.76. The van der Waals surface area contributed by atoms with Gasteiger partial charge >= 0.3 is 0 Å². The van der Waals surface area contributed by atoms with Gasteiger partial charge in [0.05, 0.1) is 12.7 Å². The molecule has 3 heterocycles. The summed E-state index contributed by atoms with van der Waals surface area (Å²) in [6.07, 6.45) is 6.51. The molecular formula is C23H33N3O3. The van der Waals surface area contributed by atoms with E-state index in [0.29, 0.717) is 12.5 Å². The monoisotopic (exact) mass is 399 g/mol. The molecule has 0 spiro atoms. The van der Waals surface area contributed by atoms with Crippen LogP contribution in [0.15, 0.2) is 30.5 Å². The third-order valence-electron chi connectivity index (χ3n) is 6.33. The number of aromatic amines is 1. The fourth-order valence-electron chi connectivity index (χ4n) is 4.56. The molecule has 1 N–H and O–H groups in total. The normalized spacial score (nSPS) is 21.1. The molecule has 2 aliphatic rings. The fraction of sp³-hybridized carbons (Fsp3) is 0.609. The highest BCUT2D eigenvalue weighted by Gasteiger charge is 2.28. The van der Waals surface area contributed by atoms with Gasteiger partial charge in [-0.25, -0.2) is 0 Å². The van der Waals surface area contributed by atoms with Crippen LogP contribution >= 0.6 is 0 Å². The number of carbonyl (C=O) groups is 1. The SMILES string of the molecule is COCCN1CCC(CN(CC2CCCO2)C(=O)c2ccc3cc[nH]c3c2)CC1. The molecule has 0 saturated carbocycles. The summed E-state index contributed by atoms with van der Waals surface area (Å²) < 4.78 is 11.1. The van der Waals surface area contributed by atoms with Gasteiger partial charge in [0.1, 0.15) is 0 Å². The lowest BCUT2D eigenvalue weighted by Gasteiger charge is -2.35. The van der Waals surface area contributed by atoms with Crippen molar-refractivity contribution in [1.29, 1.82) is 0 Å². The van der Waals surface area contributed by atoms with Gasteiger partial charge in [0.2, 0.25) is 0 Å². The number of piperidine rings is 1. The highest BCUT2D eigenvalue weighted by Crippen LogP contribution is 2.23. The number of ether oxygens (including phenoxy) is 2. The zero-order valence-electron chi connectivity index (χ0n) is 17.4. The number of rotatable bonds is 8. The number of H-pyrrole nitrogens is 1. The van der Waals surface area contributed by atoms with Crippen LogP contribution in [0, 0.1) is 5.92 Å². The number of hydrogen-bond acceptors (Lipinski definition) is 4. The van der Waals surface area contributed by atoms with Crippen LogP contribution in [-0.2, 0) is 9.47 Å². The van der Waals surface area contributed by atoms with E-state index in [1.165, 1.54) is 0 Å². The number of nitrogens with one attached hydrogen (secondary N) is 1. The van der Waals surface area contributed by atoms with Crippen LogP contribution < -0.4 is 0 Å². The Morgan fingerprint density at radius 3 is 2.86 bits per heavy atom. The Morgan fingerprint density at radius 2 is 2.10 bits per heavy atom. The molecule has 1 aromatic carbocycles. The zero-order valence-corrected chi connectivity index (χ0v) is 17.4. The second-order valence-corrected chi connectivity index (χ2v) is 8.40. The van der Waals surface area contributed by atoms with Crippen LogP contribution in [0.4, 0.5) is 0 Å². The molecule has 1 atom stereocenters. The van der Waals surface area contributed by atoms with Crippen LogP contribution in [0.25, 0.3) is 10.9 Å². The van der Waals surface area contributed by atoms with Crippen molar-refractivity contribution in [2.24, 2.45) is 5.92 Å². The lowest BCUT2D eigenvalue weighted by molar-refractivity contribution is 0.0437. The van der Waals surface area contributed by atoms with Crippen LogP contribution in [0.2, 0.25) is 0 Å². The summed E-state index contributed by atoms with van der Waals surface area (Å²) in [5.74, 6) is 0.673. The Balaban J connectivity index is 1.42. The van der Waals surface area contributed by atoms with Crippen molar-refractivity contribution >= 4 is 16.8 Å². The first-order valence-corrected chi connectivity index (χ1v) is 10.9. The summed E-state index contributed by atoms with van der Waals surface area (Å²) in [5, 5.41) is 1.13. The zero-order chi connectivity index (χ0) is 20.1. The molecule has 2 fully saturated rings. The molecule has 2 aliphatic heterocycles. The van der Waals surface area contributed by atoms with Gasteiger partial charge in [0.25, 0.3) is 5.91 Å². The molecule has 158 valence electrons. The number of benzene rings is 1. The van der Waals surface area contributed by atoms with Crippen molar-refractivity contribution < 1.29 is 14.3 Å². The van der Waals surface area contributed by atoms with Crippen molar-refractivity contribution in [3.63, 3.8) is 0 Å². The average Bonchev–Trinajstić information content (AvgIpc) is 3.43. The number of hydrogen-bond donors (Lipinski definition) is 1. The van der Waals surface area contributed by atoms with Gasteiger partial charge in [0.15, 0.2) is 0 Å². The van der Waals surface area contributed by atoms with Crippen molar-refractivity contribution in [3.8, 4) is 0 Å². The quantitative estimate of drug-likeness (QED) is 0.741. The van der Waals surface area contributed by atoms with Crippen molar-refractivity contribution in [1.82, 2.24) is 14.8 Å². The first kappa shape index (κ1) is 20.4. The number of methoxy groups -OCH3 is 1. The van der Waals surface area contributed by atoms with Gasteiger partial charge in [-0.15, -0.1) is 0 Å². The molecule has 0 aliphatic carbocycles. The summed E-state index contributed by atoms with van der Waals surface area (Å²) in [6, 6.07) is 7.99. The lowest BCUT2D eigenvalue weighted by atomic mass is 9.95. The topological polar surface area (TPSA) is 57.8 Å².